The molecule has 0 bridgehead atoms. The summed E-state index contributed by atoms with van der Waals surface area (Å²) in [4.78, 5) is 12.0. The molecule has 3 N–H and O–H groups in total. The van der Waals surface area contributed by atoms with Crippen LogP contribution in [0.5, 0.6) is 5.75 Å². The lowest BCUT2D eigenvalue weighted by Gasteiger charge is -2.31. The molecular weight excluding hydrogens is 368 g/mol. The maximum Gasteiger partial charge on any atom is 0.220 e. The van der Waals surface area contributed by atoms with Crippen LogP contribution in [0.1, 0.15) is 39.5 Å². The summed E-state index contributed by atoms with van der Waals surface area (Å²) in [6.07, 6.45) is 2.84. The maximum absolute atomic E-state index is 12.0. The van der Waals surface area contributed by atoms with E-state index in [0.717, 1.165) is 23.1 Å². The highest BCUT2D eigenvalue weighted by molar-refractivity contribution is 9.10. The first-order chi connectivity index (χ1) is 10.0. The van der Waals surface area contributed by atoms with E-state index in [4.69, 9.17) is 10.5 Å². The summed E-state index contributed by atoms with van der Waals surface area (Å²) >= 11 is 3.40. The van der Waals surface area contributed by atoms with E-state index in [1.54, 1.807) is 0 Å². The van der Waals surface area contributed by atoms with Crippen molar-refractivity contribution in [3.8, 4) is 5.75 Å². The smallest absolute Gasteiger partial charge is 0.220 e. The van der Waals surface area contributed by atoms with Gasteiger partial charge in [0.2, 0.25) is 5.91 Å². The van der Waals surface area contributed by atoms with Crippen LogP contribution in [0.2, 0.25) is 0 Å². The van der Waals surface area contributed by atoms with Crippen LogP contribution in [0.3, 0.4) is 0 Å². The Balaban J connectivity index is 0.00000441. The average Bonchev–Trinajstić information content (AvgIpc) is 2.49. The number of halogens is 2. The minimum atomic E-state index is -0.262. The van der Waals surface area contributed by atoms with E-state index in [0.29, 0.717) is 26.0 Å². The van der Waals surface area contributed by atoms with Crippen LogP contribution in [-0.2, 0) is 4.79 Å². The molecule has 0 atom stereocenters. The molecule has 0 aliphatic rings. The molecule has 1 amide bonds. The van der Waals surface area contributed by atoms with Crippen LogP contribution in [0.4, 0.5) is 0 Å². The summed E-state index contributed by atoms with van der Waals surface area (Å²) in [6, 6.07) is 7.68. The van der Waals surface area contributed by atoms with Gasteiger partial charge in [0.05, 0.1) is 12.1 Å². The Hall–Kier alpha value is -0.780. The van der Waals surface area contributed by atoms with E-state index >= 15 is 0 Å². The topological polar surface area (TPSA) is 64.3 Å². The molecule has 0 unspecified atom stereocenters. The third kappa shape index (κ3) is 6.99. The molecule has 0 radical (unpaired) electrons. The predicted molar refractivity (Wildman–Crippen MR) is 96.6 cm³/mol. The van der Waals surface area contributed by atoms with Gasteiger partial charge in [0, 0.05) is 17.4 Å². The third-order valence-corrected chi connectivity index (χ3v) is 4.26. The number of carbonyl (C=O) groups is 1. The van der Waals surface area contributed by atoms with E-state index in [-0.39, 0.29) is 23.9 Å². The van der Waals surface area contributed by atoms with E-state index < -0.39 is 0 Å². The Morgan fingerprint density at radius 1 is 1.36 bits per heavy atom. The zero-order valence-electron chi connectivity index (χ0n) is 13.2. The fourth-order valence-corrected chi connectivity index (χ4v) is 2.48. The van der Waals surface area contributed by atoms with E-state index in [9.17, 15) is 4.79 Å². The van der Waals surface area contributed by atoms with Crippen molar-refractivity contribution in [1.82, 2.24) is 5.32 Å². The highest BCUT2D eigenvalue weighted by atomic mass is 79.9. The van der Waals surface area contributed by atoms with Crippen molar-refractivity contribution in [3.63, 3.8) is 0 Å². The molecule has 0 aromatic heterocycles. The molecule has 0 heterocycles. The summed E-state index contributed by atoms with van der Waals surface area (Å²) < 4.78 is 6.59. The number of benzene rings is 1. The second-order valence-corrected chi connectivity index (χ2v) is 6.06. The van der Waals surface area contributed by atoms with Crippen molar-refractivity contribution in [2.24, 2.45) is 5.73 Å². The average molecular weight is 394 g/mol. The molecule has 0 aliphatic heterocycles. The first kappa shape index (κ1) is 21.2. The van der Waals surface area contributed by atoms with Gasteiger partial charge < -0.3 is 15.8 Å². The Kier molecular flexibility index (Phi) is 10.5. The van der Waals surface area contributed by atoms with Crippen LogP contribution < -0.4 is 15.8 Å². The zero-order chi connectivity index (χ0) is 15.7. The van der Waals surface area contributed by atoms with Crippen molar-refractivity contribution in [2.45, 2.75) is 45.1 Å². The van der Waals surface area contributed by atoms with Gasteiger partial charge in [0.25, 0.3) is 0 Å². The molecule has 1 aromatic carbocycles. The molecule has 1 aromatic rings. The molecule has 1 rings (SSSR count). The summed E-state index contributed by atoms with van der Waals surface area (Å²) in [7, 11) is 0. The van der Waals surface area contributed by atoms with Gasteiger partial charge in [0.15, 0.2) is 0 Å². The van der Waals surface area contributed by atoms with Gasteiger partial charge in [-0.05, 0) is 37.5 Å². The van der Waals surface area contributed by atoms with E-state index in [1.165, 1.54) is 0 Å². The number of rotatable bonds is 9. The van der Waals surface area contributed by atoms with Crippen molar-refractivity contribution < 1.29 is 9.53 Å². The van der Waals surface area contributed by atoms with Gasteiger partial charge in [-0.25, -0.2) is 0 Å². The Morgan fingerprint density at radius 3 is 2.59 bits per heavy atom. The highest BCUT2D eigenvalue weighted by Gasteiger charge is 2.25. The molecule has 0 fully saturated rings. The van der Waals surface area contributed by atoms with Gasteiger partial charge in [-0.2, -0.15) is 0 Å². The number of carbonyl (C=O) groups excluding carboxylic acids is 1. The van der Waals surface area contributed by atoms with E-state index in [2.05, 4.69) is 21.2 Å². The first-order valence-corrected chi connectivity index (χ1v) is 8.24. The molecule has 0 aliphatic carbocycles. The highest BCUT2D eigenvalue weighted by Crippen LogP contribution is 2.18. The lowest BCUT2D eigenvalue weighted by atomic mass is 9.92. The molecular formula is C16H26BrClN2O2. The standard InChI is InChI=1S/C16H25BrN2O2.ClH/c1-3-16(4-2,12-18)19-15(20)9-6-10-21-14-8-5-7-13(17)11-14;/h5,7-8,11H,3-4,6,9-10,12,18H2,1-2H3,(H,19,20);1H. The fourth-order valence-electron chi connectivity index (χ4n) is 2.10. The third-order valence-electron chi connectivity index (χ3n) is 3.76. The summed E-state index contributed by atoms with van der Waals surface area (Å²) in [5.41, 5.74) is 5.52. The van der Waals surface area contributed by atoms with Crippen LogP contribution >= 0.6 is 28.3 Å². The van der Waals surface area contributed by atoms with Gasteiger partial charge >= 0.3 is 0 Å². The summed E-state index contributed by atoms with van der Waals surface area (Å²) in [5, 5.41) is 3.06. The summed E-state index contributed by atoms with van der Waals surface area (Å²) in [5.74, 6) is 0.852. The molecule has 126 valence electrons. The van der Waals surface area contributed by atoms with Crippen molar-refractivity contribution in [3.05, 3.63) is 28.7 Å². The minimum absolute atomic E-state index is 0. The Bertz CT molecular complexity index is 445. The van der Waals surface area contributed by atoms with Crippen molar-refractivity contribution >= 4 is 34.2 Å². The Morgan fingerprint density at radius 2 is 2.05 bits per heavy atom. The lowest BCUT2D eigenvalue weighted by molar-refractivity contribution is -0.123. The largest absolute Gasteiger partial charge is 0.494 e. The van der Waals surface area contributed by atoms with Crippen LogP contribution in [0.25, 0.3) is 0 Å². The number of hydrogen-bond acceptors (Lipinski definition) is 3. The molecule has 0 saturated carbocycles. The van der Waals surface area contributed by atoms with Crippen molar-refractivity contribution in [1.29, 1.82) is 0 Å². The Labute approximate surface area is 147 Å². The molecule has 0 spiro atoms. The predicted octanol–water partition coefficient (Wildman–Crippen LogP) is 3.66. The quantitative estimate of drug-likeness (QED) is 0.629. The number of hydrogen-bond donors (Lipinski definition) is 2. The van der Waals surface area contributed by atoms with Crippen LogP contribution in [0.15, 0.2) is 28.7 Å². The molecule has 4 nitrogen and oxygen atoms in total. The zero-order valence-corrected chi connectivity index (χ0v) is 15.6. The molecule has 22 heavy (non-hydrogen) atoms. The maximum atomic E-state index is 12.0. The monoisotopic (exact) mass is 392 g/mol. The van der Waals surface area contributed by atoms with Crippen LogP contribution in [-0.4, -0.2) is 24.6 Å². The van der Waals surface area contributed by atoms with Crippen molar-refractivity contribution in [2.75, 3.05) is 13.2 Å². The van der Waals surface area contributed by atoms with Gasteiger partial charge in [-0.1, -0.05) is 35.8 Å². The number of nitrogens with two attached hydrogens (primary N) is 1. The minimum Gasteiger partial charge on any atom is -0.494 e. The van der Waals surface area contributed by atoms with E-state index in [1.807, 2.05) is 38.1 Å². The summed E-state index contributed by atoms with van der Waals surface area (Å²) in [6.45, 7) is 5.10. The van der Waals surface area contributed by atoms with Crippen LogP contribution in [0, 0.1) is 0 Å². The van der Waals surface area contributed by atoms with Gasteiger partial charge in [-0.15, -0.1) is 12.4 Å². The number of nitrogens with one attached hydrogen (secondary N) is 1. The normalized spacial score (nSPS) is 10.7. The van der Waals surface area contributed by atoms with Gasteiger partial charge in [-0.3, -0.25) is 4.79 Å². The fraction of sp³-hybridized carbons (Fsp3) is 0.562. The second kappa shape index (κ2) is 10.9. The second-order valence-electron chi connectivity index (χ2n) is 5.15. The molecule has 0 saturated heterocycles. The molecule has 6 heteroatoms. The number of amides is 1. The SMILES string of the molecule is CCC(CC)(CN)NC(=O)CCCOc1cccc(Br)c1.Cl. The van der Waals surface area contributed by atoms with Gasteiger partial charge in [0.1, 0.15) is 5.75 Å². The lowest BCUT2D eigenvalue weighted by Crippen LogP contribution is -2.52. The number of ether oxygens (including phenoxy) is 1. The first-order valence-electron chi connectivity index (χ1n) is 7.44.